The van der Waals surface area contributed by atoms with Crippen LogP contribution in [0, 0.1) is 0 Å². The van der Waals surface area contributed by atoms with E-state index in [1.165, 1.54) is 38.3 Å². The number of benzene rings is 2. The molecule has 0 spiro atoms. The molecule has 0 aliphatic heterocycles. The minimum absolute atomic E-state index is 0.0101. The predicted molar refractivity (Wildman–Crippen MR) is 144 cm³/mol. The van der Waals surface area contributed by atoms with Gasteiger partial charge in [-0.3, -0.25) is 0 Å². The zero-order valence-corrected chi connectivity index (χ0v) is 21.9. The summed E-state index contributed by atoms with van der Waals surface area (Å²) in [5.41, 5.74) is 2.61. The van der Waals surface area contributed by atoms with Crippen molar-refractivity contribution in [2.45, 2.75) is 52.4 Å². The first-order valence-corrected chi connectivity index (χ1v) is 12.8. The van der Waals surface area contributed by atoms with Gasteiger partial charge in [0.15, 0.2) is 0 Å². The maximum atomic E-state index is 12.4. The summed E-state index contributed by atoms with van der Waals surface area (Å²) < 4.78 is 16.9. The van der Waals surface area contributed by atoms with E-state index in [0.717, 1.165) is 23.3 Å². The monoisotopic (exact) mass is 511 g/mol. The van der Waals surface area contributed by atoms with Gasteiger partial charge in [0.2, 0.25) is 5.28 Å². The zero-order chi connectivity index (χ0) is 25.8. The highest BCUT2D eigenvalue weighted by atomic mass is 35.5. The average Bonchev–Trinajstić information content (AvgIpc) is 2.88. The largest absolute Gasteiger partial charge is 0.494 e. The molecule has 0 saturated carbocycles. The van der Waals surface area contributed by atoms with Gasteiger partial charge in [0.1, 0.15) is 22.9 Å². The Kier molecular flexibility index (Phi) is 10.8. The van der Waals surface area contributed by atoms with Crippen LogP contribution in [0.5, 0.6) is 11.5 Å². The fourth-order valence-corrected chi connectivity index (χ4v) is 3.98. The number of esters is 1. The summed E-state index contributed by atoms with van der Waals surface area (Å²) >= 11 is 6.01. The average molecular weight is 512 g/mol. The number of anilines is 2. The molecular weight excluding hydrogens is 478 g/mol. The number of hydrogen-bond acceptors (Lipinski definition) is 7. The normalized spacial score (nSPS) is 10.7. The molecular formula is C28H34ClN3O4. The molecule has 2 aromatic carbocycles. The van der Waals surface area contributed by atoms with Gasteiger partial charge in [0.25, 0.3) is 0 Å². The predicted octanol–water partition coefficient (Wildman–Crippen LogP) is 7.47. The number of nitrogens with one attached hydrogen (secondary N) is 1. The fraction of sp³-hybridized carbons (Fsp3) is 0.393. The Balaban J connectivity index is 1.79. The Labute approximate surface area is 218 Å². The number of methoxy groups -OCH3 is 1. The molecule has 0 saturated heterocycles. The highest BCUT2D eigenvalue weighted by Gasteiger charge is 2.19. The van der Waals surface area contributed by atoms with Crippen molar-refractivity contribution in [3.05, 3.63) is 59.5 Å². The molecule has 0 fully saturated rings. The third kappa shape index (κ3) is 7.59. The first-order chi connectivity index (χ1) is 17.6. The molecule has 8 heteroatoms. The molecule has 1 heterocycles. The Bertz CT molecular complexity index is 1140. The lowest BCUT2D eigenvalue weighted by Gasteiger charge is -2.17. The zero-order valence-electron chi connectivity index (χ0n) is 21.2. The number of rotatable bonds is 14. The number of unbranched alkanes of at least 4 members (excludes halogenated alkanes) is 5. The van der Waals surface area contributed by atoms with E-state index in [1.54, 1.807) is 14.0 Å². The van der Waals surface area contributed by atoms with Crippen molar-refractivity contribution in [3.8, 4) is 22.6 Å². The van der Waals surface area contributed by atoms with Crippen molar-refractivity contribution in [2.75, 3.05) is 25.6 Å². The lowest BCUT2D eigenvalue weighted by molar-refractivity contribution is 0.0526. The molecule has 7 nitrogen and oxygen atoms in total. The molecule has 192 valence electrons. The number of para-hydroxylation sites is 1. The third-order valence-corrected chi connectivity index (χ3v) is 5.82. The summed E-state index contributed by atoms with van der Waals surface area (Å²) in [5.74, 6) is 1.10. The van der Waals surface area contributed by atoms with Gasteiger partial charge >= 0.3 is 5.97 Å². The van der Waals surface area contributed by atoms with Gasteiger partial charge in [0, 0.05) is 11.8 Å². The third-order valence-electron chi connectivity index (χ3n) is 5.64. The quantitative estimate of drug-likeness (QED) is 0.136. The van der Waals surface area contributed by atoms with E-state index in [0.29, 0.717) is 18.0 Å². The fourth-order valence-electron chi connectivity index (χ4n) is 3.85. The van der Waals surface area contributed by atoms with E-state index in [9.17, 15) is 4.79 Å². The van der Waals surface area contributed by atoms with Gasteiger partial charge in [-0.2, -0.15) is 4.98 Å². The van der Waals surface area contributed by atoms with Gasteiger partial charge in [-0.1, -0.05) is 63.3 Å². The van der Waals surface area contributed by atoms with E-state index >= 15 is 0 Å². The summed E-state index contributed by atoms with van der Waals surface area (Å²) in [6.07, 6.45) is 8.66. The van der Waals surface area contributed by atoms with Crippen molar-refractivity contribution in [1.82, 2.24) is 9.97 Å². The maximum Gasteiger partial charge on any atom is 0.343 e. The van der Waals surface area contributed by atoms with Crippen LogP contribution in [0.25, 0.3) is 11.1 Å². The summed E-state index contributed by atoms with van der Waals surface area (Å²) in [5, 5.41) is 3.18. The van der Waals surface area contributed by atoms with Crippen LogP contribution in [0.1, 0.15) is 62.7 Å². The summed E-state index contributed by atoms with van der Waals surface area (Å²) in [6, 6.07) is 13.6. The lowest BCUT2D eigenvalue weighted by Crippen LogP contribution is -2.10. The summed E-state index contributed by atoms with van der Waals surface area (Å²) in [6.45, 7) is 4.89. The highest BCUT2D eigenvalue weighted by molar-refractivity contribution is 6.28. The number of carbonyl (C=O) groups is 1. The van der Waals surface area contributed by atoms with Gasteiger partial charge in [0.05, 0.1) is 26.0 Å². The lowest BCUT2D eigenvalue weighted by atomic mass is 10.0. The van der Waals surface area contributed by atoms with E-state index in [4.69, 9.17) is 25.8 Å². The molecule has 0 radical (unpaired) electrons. The molecule has 3 aromatic rings. The van der Waals surface area contributed by atoms with Crippen LogP contribution in [0.15, 0.2) is 48.7 Å². The van der Waals surface area contributed by atoms with Crippen molar-refractivity contribution in [3.63, 3.8) is 0 Å². The van der Waals surface area contributed by atoms with Gasteiger partial charge < -0.3 is 19.5 Å². The van der Waals surface area contributed by atoms with E-state index in [2.05, 4.69) is 22.2 Å². The molecule has 0 atom stereocenters. The molecule has 0 aliphatic carbocycles. The molecule has 1 N–H and O–H groups in total. The Morgan fingerprint density at radius 3 is 2.58 bits per heavy atom. The molecule has 0 amide bonds. The second kappa shape index (κ2) is 14.3. The topological polar surface area (TPSA) is 82.6 Å². The number of aromatic nitrogens is 2. The standard InChI is InChI=1S/C28H34ClN3O4/c1-4-6-7-8-9-10-17-36-21-14-11-13-20(18-21)22-15-12-16-24(25(22)34-3)31-26-23(27(33)35-5-2)19-30-28(29)32-26/h11-16,18-19H,4-10,17H2,1-3H3,(H,30,31,32). The second-order valence-electron chi connectivity index (χ2n) is 8.28. The van der Waals surface area contributed by atoms with Crippen LogP contribution in [0.4, 0.5) is 11.5 Å². The molecule has 0 unspecified atom stereocenters. The van der Waals surface area contributed by atoms with Crippen molar-refractivity contribution in [1.29, 1.82) is 0 Å². The summed E-state index contributed by atoms with van der Waals surface area (Å²) in [4.78, 5) is 20.5. The number of ether oxygens (including phenoxy) is 3. The van der Waals surface area contributed by atoms with Crippen molar-refractivity contribution >= 4 is 29.1 Å². The van der Waals surface area contributed by atoms with E-state index < -0.39 is 5.97 Å². The molecule has 0 aliphatic rings. The van der Waals surface area contributed by atoms with Crippen LogP contribution in [0.3, 0.4) is 0 Å². The number of halogens is 1. The maximum absolute atomic E-state index is 12.4. The number of nitrogens with zero attached hydrogens (tertiary/aromatic N) is 2. The van der Waals surface area contributed by atoms with Crippen molar-refractivity contribution < 1.29 is 19.0 Å². The van der Waals surface area contributed by atoms with Crippen LogP contribution in [0.2, 0.25) is 5.28 Å². The highest BCUT2D eigenvalue weighted by Crippen LogP contribution is 2.39. The van der Waals surface area contributed by atoms with E-state index in [1.807, 2.05) is 42.5 Å². The molecule has 1 aromatic heterocycles. The van der Waals surface area contributed by atoms with E-state index in [-0.39, 0.29) is 23.3 Å². The van der Waals surface area contributed by atoms with Crippen LogP contribution in [-0.4, -0.2) is 36.3 Å². The molecule has 3 rings (SSSR count). The first kappa shape index (κ1) is 27.3. The Hall–Kier alpha value is -3.32. The minimum Gasteiger partial charge on any atom is -0.494 e. The SMILES string of the molecule is CCCCCCCCOc1cccc(-c2cccc(Nc3nc(Cl)ncc3C(=O)OCC)c2OC)c1. The van der Waals surface area contributed by atoms with Gasteiger partial charge in [-0.05, 0) is 48.7 Å². The smallest absolute Gasteiger partial charge is 0.343 e. The van der Waals surface area contributed by atoms with Gasteiger partial charge in [-0.25, -0.2) is 9.78 Å². The number of hydrogen-bond donors (Lipinski definition) is 1. The molecule has 36 heavy (non-hydrogen) atoms. The number of carbonyl (C=O) groups excluding carboxylic acids is 1. The van der Waals surface area contributed by atoms with Crippen LogP contribution < -0.4 is 14.8 Å². The molecule has 0 bridgehead atoms. The van der Waals surface area contributed by atoms with Crippen LogP contribution >= 0.6 is 11.6 Å². The second-order valence-corrected chi connectivity index (χ2v) is 8.62. The van der Waals surface area contributed by atoms with Crippen LogP contribution in [-0.2, 0) is 4.74 Å². The Morgan fingerprint density at radius 1 is 1.03 bits per heavy atom. The Morgan fingerprint density at radius 2 is 1.81 bits per heavy atom. The first-order valence-electron chi connectivity index (χ1n) is 12.4. The summed E-state index contributed by atoms with van der Waals surface area (Å²) in [7, 11) is 1.60. The van der Waals surface area contributed by atoms with Gasteiger partial charge in [-0.15, -0.1) is 0 Å². The minimum atomic E-state index is -0.540. The van der Waals surface area contributed by atoms with Crippen molar-refractivity contribution in [2.24, 2.45) is 0 Å².